The molecule has 0 aliphatic rings. The lowest BCUT2D eigenvalue weighted by Gasteiger charge is -2.19. The third-order valence-corrected chi connectivity index (χ3v) is 1.72. The van der Waals surface area contributed by atoms with E-state index in [0.29, 0.717) is 12.4 Å². The maximum absolute atomic E-state index is 11.5. The van der Waals surface area contributed by atoms with Crippen LogP contribution in [-0.2, 0) is 11.3 Å². The van der Waals surface area contributed by atoms with Gasteiger partial charge in [-0.25, -0.2) is 9.78 Å². The van der Waals surface area contributed by atoms with Gasteiger partial charge in [0, 0.05) is 0 Å². The first-order valence-electron chi connectivity index (χ1n) is 5.30. The monoisotopic (exact) mass is 238 g/mol. The van der Waals surface area contributed by atoms with Crippen molar-refractivity contribution in [3.05, 3.63) is 23.9 Å². The van der Waals surface area contributed by atoms with Gasteiger partial charge in [-0.05, 0) is 32.9 Å². The van der Waals surface area contributed by atoms with Gasteiger partial charge in [-0.15, -0.1) is 0 Å². The summed E-state index contributed by atoms with van der Waals surface area (Å²) in [6.45, 7) is 5.84. The Morgan fingerprint density at radius 2 is 2.18 bits per heavy atom. The van der Waals surface area contributed by atoms with Gasteiger partial charge in [-0.1, -0.05) is 6.07 Å². The number of hydrogen-bond donors (Lipinski definition) is 3. The Labute approximate surface area is 101 Å². The van der Waals surface area contributed by atoms with Crippen molar-refractivity contribution >= 4 is 11.9 Å². The molecular formula is C11H18N4O2. The Bertz CT molecular complexity index is 387. The first kappa shape index (κ1) is 13.4. The summed E-state index contributed by atoms with van der Waals surface area (Å²) < 4.78 is 5.11. The van der Waals surface area contributed by atoms with Gasteiger partial charge in [-0.3, -0.25) is 16.6 Å². The van der Waals surface area contributed by atoms with E-state index in [1.165, 1.54) is 0 Å². The molecular weight excluding hydrogens is 220 g/mol. The third kappa shape index (κ3) is 5.28. The molecule has 0 saturated heterocycles. The molecule has 0 radical (unpaired) electrons. The molecule has 0 spiro atoms. The molecule has 94 valence electrons. The Morgan fingerprint density at radius 3 is 2.76 bits per heavy atom. The van der Waals surface area contributed by atoms with Crippen molar-refractivity contribution in [3.8, 4) is 0 Å². The summed E-state index contributed by atoms with van der Waals surface area (Å²) in [6, 6.07) is 5.27. The van der Waals surface area contributed by atoms with Gasteiger partial charge in [0.05, 0.1) is 12.2 Å². The molecule has 0 aromatic carbocycles. The number of amides is 1. The Hall–Kier alpha value is -1.66. The molecule has 17 heavy (non-hydrogen) atoms. The highest BCUT2D eigenvalue weighted by molar-refractivity contribution is 5.83. The maximum atomic E-state index is 11.5. The zero-order valence-corrected chi connectivity index (χ0v) is 10.3. The van der Waals surface area contributed by atoms with Crippen LogP contribution in [0.3, 0.4) is 0 Å². The van der Waals surface area contributed by atoms with Crippen LogP contribution in [0.5, 0.6) is 0 Å². The number of nitrogens with one attached hydrogen (secondary N) is 2. The smallest absolute Gasteiger partial charge is 0.413 e. The molecule has 1 amide bonds. The van der Waals surface area contributed by atoms with Crippen LogP contribution < -0.4 is 16.6 Å². The first-order chi connectivity index (χ1) is 7.90. The Balaban J connectivity index is 2.62. The molecule has 0 bridgehead atoms. The normalized spacial score (nSPS) is 11.1. The van der Waals surface area contributed by atoms with Crippen molar-refractivity contribution < 1.29 is 9.53 Å². The number of nitrogens with two attached hydrogens (primary N) is 1. The van der Waals surface area contributed by atoms with Crippen LogP contribution >= 0.6 is 0 Å². The van der Waals surface area contributed by atoms with Crippen LogP contribution in [0.2, 0.25) is 0 Å². The van der Waals surface area contributed by atoms with Gasteiger partial charge < -0.3 is 4.74 Å². The molecule has 1 heterocycles. The molecule has 1 aromatic rings. The lowest BCUT2D eigenvalue weighted by molar-refractivity contribution is 0.0635. The molecule has 0 atom stereocenters. The van der Waals surface area contributed by atoms with Crippen molar-refractivity contribution in [2.24, 2.45) is 5.84 Å². The fourth-order valence-corrected chi connectivity index (χ4v) is 1.16. The van der Waals surface area contributed by atoms with Crippen molar-refractivity contribution in [2.75, 3.05) is 5.32 Å². The number of rotatable bonds is 3. The molecule has 4 N–H and O–H groups in total. The van der Waals surface area contributed by atoms with E-state index in [9.17, 15) is 4.79 Å². The predicted octanol–water partition coefficient (Wildman–Crippen LogP) is 1.39. The number of anilines is 1. The number of carbonyl (C=O) groups excluding carboxylic acids is 1. The van der Waals surface area contributed by atoms with Crippen molar-refractivity contribution in [1.82, 2.24) is 10.4 Å². The van der Waals surface area contributed by atoms with Gasteiger partial charge >= 0.3 is 6.09 Å². The zero-order valence-electron chi connectivity index (χ0n) is 10.3. The fourth-order valence-electron chi connectivity index (χ4n) is 1.16. The van der Waals surface area contributed by atoms with Crippen LogP contribution in [0.1, 0.15) is 26.5 Å². The quantitative estimate of drug-likeness (QED) is 0.547. The van der Waals surface area contributed by atoms with E-state index in [4.69, 9.17) is 10.6 Å². The topological polar surface area (TPSA) is 89.3 Å². The van der Waals surface area contributed by atoms with Crippen LogP contribution in [0, 0.1) is 0 Å². The summed E-state index contributed by atoms with van der Waals surface area (Å²) >= 11 is 0. The van der Waals surface area contributed by atoms with Crippen molar-refractivity contribution in [1.29, 1.82) is 0 Å². The Kier molecular flexibility index (Phi) is 4.42. The average molecular weight is 238 g/mol. The lowest BCUT2D eigenvalue weighted by atomic mass is 10.2. The molecule has 0 aliphatic carbocycles. The van der Waals surface area contributed by atoms with Gasteiger partial charge in [0.25, 0.3) is 0 Å². The number of nitrogens with zero attached hydrogens (tertiary/aromatic N) is 1. The molecule has 0 fully saturated rings. The van der Waals surface area contributed by atoms with Crippen molar-refractivity contribution in [2.45, 2.75) is 32.9 Å². The number of carbonyl (C=O) groups is 1. The van der Waals surface area contributed by atoms with E-state index in [1.807, 2.05) is 0 Å². The first-order valence-corrected chi connectivity index (χ1v) is 5.30. The summed E-state index contributed by atoms with van der Waals surface area (Å²) in [4.78, 5) is 15.7. The molecule has 1 aromatic heterocycles. The van der Waals surface area contributed by atoms with Crippen molar-refractivity contribution in [3.63, 3.8) is 0 Å². The minimum Gasteiger partial charge on any atom is -0.444 e. The van der Waals surface area contributed by atoms with E-state index in [-0.39, 0.29) is 0 Å². The molecule has 0 saturated carbocycles. The molecule has 6 heteroatoms. The number of ether oxygens (including phenoxy) is 1. The van der Waals surface area contributed by atoms with Crippen LogP contribution in [0.4, 0.5) is 10.6 Å². The van der Waals surface area contributed by atoms with E-state index in [0.717, 1.165) is 5.69 Å². The average Bonchev–Trinajstić information content (AvgIpc) is 2.15. The molecule has 1 rings (SSSR count). The van der Waals surface area contributed by atoms with Gasteiger partial charge in [-0.2, -0.15) is 0 Å². The minimum absolute atomic E-state index is 0.434. The minimum atomic E-state index is -0.527. The summed E-state index contributed by atoms with van der Waals surface area (Å²) in [5.74, 6) is 5.63. The second-order valence-electron chi connectivity index (χ2n) is 4.52. The van der Waals surface area contributed by atoms with Gasteiger partial charge in [0.1, 0.15) is 11.4 Å². The maximum Gasteiger partial charge on any atom is 0.413 e. The second-order valence-corrected chi connectivity index (χ2v) is 4.52. The number of hydrogen-bond acceptors (Lipinski definition) is 5. The van der Waals surface area contributed by atoms with Crippen LogP contribution in [-0.4, -0.2) is 16.7 Å². The fraction of sp³-hybridized carbons (Fsp3) is 0.455. The summed E-state index contributed by atoms with van der Waals surface area (Å²) in [7, 11) is 0. The number of hydrazine groups is 1. The lowest BCUT2D eigenvalue weighted by Crippen LogP contribution is -2.27. The standard InChI is InChI=1S/C11H18N4O2/c1-11(2,3)17-10(16)15-9-6-4-5-8(14-9)7-13-12/h4-6,13H,7,12H2,1-3H3,(H,14,15,16). The molecule has 6 nitrogen and oxygen atoms in total. The summed E-state index contributed by atoms with van der Waals surface area (Å²) in [5, 5.41) is 2.56. The van der Waals surface area contributed by atoms with E-state index in [2.05, 4.69) is 15.7 Å². The van der Waals surface area contributed by atoms with Gasteiger partial charge in [0.15, 0.2) is 0 Å². The molecule has 0 aliphatic heterocycles. The molecule has 0 unspecified atom stereocenters. The Morgan fingerprint density at radius 1 is 1.47 bits per heavy atom. The van der Waals surface area contributed by atoms with E-state index in [1.54, 1.807) is 39.0 Å². The third-order valence-electron chi connectivity index (χ3n) is 1.72. The predicted molar refractivity (Wildman–Crippen MR) is 65.1 cm³/mol. The van der Waals surface area contributed by atoms with E-state index < -0.39 is 11.7 Å². The van der Waals surface area contributed by atoms with Crippen LogP contribution in [0.25, 0.3) is 0 Å². The summed E-state index contributed by atoms with van der Waals surface area (Å²) in [5.41, 5.74) is 2.71. The van der Waals surface area contributed by atoms with Gasteiger partial charge in [0.2, 0.25) is 0 Å². The zero-order chi connectivity index (χ0) is 12.9. The van der Waals surface area contributed by atoms with E-state index >= 15 is 0 Å². The summed E-state index contributed by atoms with van der Waals surface area (Å²) in [6.07, 6.45) is -0.525. The largest absolute Gasteiger partial charge is 0.444 e. The number of aromatic nitrogens is 1. The highest BCUT2D eigenvalue weighted by Crippen LogP contribution is 2.10. The van der Waals surface area contributed by atoms with Crippen LogP contribution in [0.15, 0.2) is 18.2 Å². The SMILES string of the molecule is CC(C)(C)OC(=O)Nc1cccc(CNN)n1. The highest BCUT2D eigenvalue weighted by atomic mass is 16.6. The second kappa shape index (κ2) is 5.60. The highest BCUT2D eigenvalue weighted by Gasteiger charge is 2.16. The number of pyridine rings is 1.